The number of aromatic hydroxyl groups is 1. The van der Waals surface area contributed by atoms with Gasteiger partial charge in [-0.2, -0.15) is 0 Å². The van der Waals surface area contributed by atoms with Crippen LogP contribution in [0.15, 0.2) is 12.1 Å². The molecule has 4 aliphatic heterocycles. The van der Waals surface area contributed by atoms with Crippen molar-refractivity contribution >= 4 is 39.4 Å². The van der Waals surface area contributed by atoms with E-state index in [-0.39, 0.29) is 78.3 Å². The zero-order valence-corrected chi connectivity index (χ0v) is 48.1. The van der Waals surface area contributed by atoms with Gasteiger partial charge in [-0.05, 0) is 152 Å². The molecule has 8 aliphatic rings. The topological polar surface area (TPSA) is 216 Å². The number of ether oxygens (including phenoxy) is 3. The molecule has 5 fully saturated rings. The summed E-state index contributed by atoms with van der Waals surface area (Å²) in [6.07, 6.45) is 14.2. The van der Waals surface area contributed by atoms with Gasteiger partial charge in [-0.1, -0.05) is 79.0 Å². The van der Waals surface area contributed by atoms with E-state index < -0.39 is 52.7 Å². The Morgan fingerprint density at radius 1 is 0.961 bits per heavy atom. The molecule has 0 bridgehead atoms. The molecule has 1 amide bonds. The van der Waals surface area contributed by atoms with Crippen molar-refractivity contribution < 1.29 is 54.1 Å². The van der Waals surface area contributed by atoms with E-state index in [1.54, 1.807) is 27.7 Å². The van der Waals surface area contributed by atoms with Crippen molar-refractivity contribution in [2.75, 3.05) is 51.0 Å². The van der Waals surface area contributed by atoms with Crippen LogP contribution < -0.4 is 20.7 Å². The van der Waals surface area contributed by atoms with E-state index >= 15 is 4.79 Å². The number of esters is 2. The van der Waals surface area contributed by atoms with Gasteiger partial charge in [-0.3, -0.25) is 9.59 Å². The van der Waals surface area contributed by atoms with Gasteiger partial charge < -0.3 is 55.7 Å². The van der Waals surface area contributed by atoms with Gasteiger partial charge >= 0.3 is 11.9 Å². The smallest absolute Gasteiger partial charge is 0.332 e. The van der Waals surface area contributed by atoms with Crippen LogP contribution >= 0.6 is 21.6 Å². The quantitative estimate of drug-likeness (QED) is 0.0380. The predicted octanol–water partition coefficient (Wildman–Crippen LogP) is 8.44. The van der Waals surface area contributed by atoms with Crippen molar-refractivity contribution in [3.05, 3.63) is 23.3 Å². The van der Waals surface area contributed by atoms with Crippen molar-refractivity contribution in [3.63, 3.8) is 0 Å². The summed E-state index contributed by atoms with van der Waals surface area (Å²) in [5, 5.41) is 67.6. The summed E-state index contributed by atoms with van der Waals surface area (Å²) in [5.74, 6) is 7.54. The highest BCUT2D eigenvalue weighted by atomic mass is 33.1. The number of piperidine rings is 2. The summed E-state index contributed by atoms with van der Waals surface area (Å²) in [7, 11) is 3.29. The lowest BCUT2D eigenvalue weighted by Gasteiger charge is -2.56. The van der Waals surface area contributed by atoms with E-state index in [2.05, 4.69) is 40.8 Å². The van der Waals surface area contributed by atoms with E-state index in [9.17, 15) is 35.1 Å². The number of unbranched alkanes of at least 4 members (excludes halogenated alkanes) is 1. The monoisotopic (exact) mass is 1110 g/mol. The molecule has 14 nitrogen and oxygen atoms in total. The van der Waals surface area contributed by atoms with E-state index in [0.717, 1.165) is 94.7 Å². The largest absolute Gasteiger partial charge is 0.504 e. The maximum absolute atomic E-state index is 15.8. The van der Waals surface area contributed by atoms with Crippen molar-refractivity contribution in [1.82, 2.24) is 16.0 Å². The number of phenolic OH excluding ortho intramolecular Hbond substituents is 1. The molecule has 9 rings (SSSR count). The highest BCUT2D eigenvalue weighted by molar-refractivity contribution is 8.76. The lowest BCUT2D eigenvalue weighted by molar-refractivity contribution is -0.183. The standard InChI is InChI=1S/C61H93N3O11S2/c1-39(12-5-9-31-65)13-11-28-63-48-36-76-77-38-58(3,72)34-42-15-10-14-41-32-46-47(59(37-66)23-7-8-24-59)35-73-56-50(69)21-19-45(54(46)56)55(41)60(26-29-62-30-27-60)52(33-51(74-40(2)67)44(42)18-20-49(48)68)75-57(71)61-25-6-4-16-43(61)17-22-53(70)64-61/h19,21,39,41-44,46-49,51-52,55,62-63,65-66,68-69,72H,4-9,11-13,15-18,20,22-38H2,1-3H3,(H,64,70)/t39-,41+,42-,43-,44+,46-,47-,48-,49-,51+,52-,55+,58+,61-/m1/s1. The molecule has 0 aromatic heterocycles. The first-order valence-corrected chi connectivity index (χ1v) is 32.6. The van der Waals surface area contributed by atoms with E-state index in [1.165, 1.54) is 6.92 Å². The van der Waals surface area contributed by atoms with Crippen molar-refractivity contribution in [2.24, 2.45) is 46.3 Å². The summed E-state index contributed by atoms with van der Waals surface area (Å²) in [6, 6.07) is 3.58. The molecule has 8 N–H and O–H groups in total. The van der Waals surface area contributed by atoms with Gasteiger partial charge in [0.1, 0.15) is 17.7 Å². The number of aliphatic hydroxyl groups excluding tert-OH is 3. The Balaban J connectivity index is 1.15. The second kappa shape index (κ2) is 26.0. The zero-order chi connectivity index (χ0) is 54.4. The van der Waals surface area contributed by atoms with Crippen LogP contribution in [0.2, 0.25) is 0 Å². The number of carbonyl (C=O) groups is 3. The van der Waals surface area contributed by atoms with Crippen LogP contribution in [0, 0.1) is 58.2 Å². The number of phenols is 1. The van der Waals surface area contributed by atoms with Gasteiger partial charge in [-0.15, -0.1) is 5.92 Å². The van der Waals surface area contributed by atoms with Crippen LogP contribution in [-0.4, -0.2) is 130 Å². The van der Waals surface area contributed by atoms with Gasteiger partial charge in [0.25, 0.3) is 0 Å². The molecule has 2 saturated carbocycles. The molecule has 1 aromatic carbocycles. The molecule has 77 heavy (non-hydrogen) atoms. The van der Waals surface area contributed by atoms with Crippen LogP contribution in [0.1, 0.15) is 191 Å². The highest BCUT2D eigenvalue weighted by Crippen LogP contribution is 2.65. The third kappa shape index (κ3) is 13.0. The first kappa shape index (κ1) is 58.9. The normalized spacial score (nSPS) is 36.4. The number of amides is 1. The minimum Gasteiger partial charge on any atom is -0.504 e. The number of hydrogen-bond acceptors (Lipinski definition) is 15. The maximum Gasteiger partial charge on any atom is 0.332 e. The summed E-state index contributed by atoms with van der Waals surface area (Å²) < 4.78 is 20.7. The van der Waals surface area contributed by atoms with Crippen molar-refractivity contribution in [2.45, 2.75) is 216 Å². The fourth-order valence-corrected chi connectivity index (χ4v) is 19.3. The van der Waals surface area contributed by atoms with Gasteiger partial charge in [0.2, 0.25) is 5.91 Å². The first-order valence-electron chi connectivity index (χ1n) is 30.1. The number of nitrogens with one attached hydrogen (secondary N) is 3. The van der Waals surface area contributed by atoms with Gasteiger partial charge in [0, 0.05) is 97.0 Å². The van der Waals surface area contributed by atoms with E-state index in [4.69, 9.17) is 14.2 Å². The molecule has 4 heterocycles. The summed E-state index contributed by atoms with van der Waals surface area (Å²) in [6.45, 7) is 8.28. The second-order valence-corrected chi connectivity index (χ2v) is 28.1. The maximum atomic E-state index is 15.8. The molecule has 3 saturated heterocycles. The average molecular weight is 1110 g/mol. The molecule has 4 aliphatic carbocycles. The molecule has 0 radical (unpaired) electrons. The molecular formula is C61H93N3O11S2. The van der Waals surface area contributed by atoms with E-state index in [1.807, 2.05) is 6.92 Å². The SMILES string of the molecule is CC(=O)O[C@H]1C[C@@H](OC(=O)[C@@]23CCCC[C@@H]2CCC(=O)N3)C2(CCNCC2)[C@@H]2c3ccc(O)c4c3[C@H](C[C@@H]2C#CC[C@@H]2C[C@](C)(O)CSSC[C@@H](NCCC[C@H](C)CCCCO)[C@H](O)CC[C@@H]21)[C@H](C1(CO)CCCC1)CO4. The summed E-state index contributed by atoms with van der Waals surface area (Å²) in [5.41, 5.74) is -1.42. The van der Waals surface area contributed by atoms with Gasteiger partial charge in [0.15, 0.2) is 11.5 Å². The molecule has 1 spiro atoms. The van der Waals surface area contributed by atoms with Crippen LogP contribution in [0.25, 0.3) is 0 Å². The predicted molar refractivity (Wildman–Crippen MR) is 301 cm³/mol. The second-order valence-electron chi connectivity index (χ2n) is 25.6. The van der Waals surface area contributed by atoms with Gasteiger partial charge in [0.05, 0.1) is 18.3 Å². The molecule has 1 aromatic rings. The fraction of sp³-hybridized carbons (Fsp3) is 0.820. The molecule has 430 valence electrons. The van der Waals surface area contributed by atoms with Crippen molar-refractivity contribution in [3.8, 4) is 23.3 Å². The number of fused-ring (bicyclic) bond motifs is 5. The summed E-state index contributed by atoms with van der Waals surface area (Å²) >= 11 is 0. The third-order valence-electron chi connectivity index (χ3n) is 20.5. The zero-order valence-electron chi connectivity index (χ0n) is 46.5. The average Bonchev–Trinajstić information content (AvgIpc) is 3.90. The van der Waals surface area contributed by atoms with Crippen LogP contribution in [0.4, 0.5) is 0 Å². The number of benzene rings is 1. The number of rotatable bonds is 14. The third-order valence-corrected chi connectivity index (χ3v) is 23.2. The van der Waals surface area contributed by atoms with Crippen LogP contribution in [-0.2, 0) is 23.9 Å². The lowest BCUT2D eigenvalue weighted by atomic mass is 9.51. The molecule has 0 unspecified atom stereocenters. The fourth-order valence-electron chi connectivity index (χ4n) is 16.5. The Kier molecular flexibility index (Phi) is 19.9. The molecular weight excluding hydrogens is 1010 g/mol. The van der Waals surface area contributed by atoms with E-state index in [0.29, 0.717) is 107 Å². The Morgan fingerprint density at radius 2 is 1.74 bits per heavy atom. The van der Waals surface area contributed by atoms with Gasteiger partial charge in [-0.25, -0.2) is 4.79 Å². The Morgan fingerprint density at radius 3 is 2.51 bits per heavy atom. The molecule has 14 atom stereocenters. The van der Waals surface area contributed by atoms with Crippen LogP contribution in [0.3, 0.4) is 0 Å². The molecule has 16 heteroatoms. The minimum atomic E-state index is -1.19. The summed E-state index contributed by atoms with van der Waals surface area (Å²) in [4.78, 5) is 43.0. The van der Waals surface area contributed by atoms with Crippen LogP contribution in [0.5, 0.6) is 11.5 Å². The first-order chi connectivity index (χ1) is 37.1. The minimum absolute atomic E-state index is 0.0102. The lowest BCUT2D eigenvalue weighted by Crippen LogP contribution is -2.65. The number of aliphatic hydroxyl groups is 4. The number of carbonyl (C=O) groups excluding carboxylic acids is 3. The number of hydrogen-bond donors (Lipinski definition) is 8. The Labute approximate surface area is 467 Å². The highest BCUT2D eigenvalue weighted by Gasteiger charge is 2.60. The Bertz CT molecular complexity index is 2240. The van der Waals surface area contributed by atoms with Crippen molar-refractivity contribution in [1.29, 1.82) is 0 Å². The Hall–Kier alpha value is -2.75.